The number of fused-ring (bicyclic) bond motifs is 4. The fraction of sp³-hybridized carbons (Fsp3) is 0.565. The molecule has 0 spiro atoms. The predicted octanol–water partition coefficient (Wildman–Crippen LogP) is 1.80. The molecule has 3 aliphatic heterocycles. The maximum atomic E-state index is 14.4. The molecule has 3 saturated heterocycles. The normalized spacial score (nSPS) is 26.5. The molecule has 172 valence electrons. The molecule has 3 aliphatic rings. The molecule has 0 aromatic heterocycles. The fourth-order valence-corrected chi connectivity index (χ4v) is 5.48. The van der Waals surface area contributed by atoms with Crippen molar-refractivity contribution in [2.24, 2.45) is 11.8 Å². The molecule has 3 fully saturated rings. The van der Waals surface area contributed by atoms with Crippen molar-refractivity contribution in [1.29, 1.82) is 5.26 Å². The van der Waals surface area contributed by atoms with Crippen molar-refractivity contribution in [2.45, 2.75) is 37.8 Å². The summed E-state index contributed by atoms with van der Waals surface area (Å²) in [7, 11) is 4.01. The minimum atomic E-state index is -0.649. The van der Waals surface area contributed by atoms with Crippen molar-refractivity contribution >= 4 is 18.3 Å². The van der Waals surface area contributed by atoms with E-state index in [1.807, 2.05) is 20.2 Å². The van der Waals surface area contributed by atoms with Gasteiger partial charge >= 0.3 is 0 Å². The van der Waals surface area contributed by atoms with Crippen molar-refractivity contribution < 1.29 is 23.9 Å². The molecular formula is C23H29FN4O4. The van der Waals surface area contributed by atoms with Crippen LogP contribution in [0.15, 0.2) is 18.2 Å². The second-order valence-electron chi connectivity index (χ2n) is 8.97. The van der Waals surface area contributed by atoms with Crippen LogP contribution in [-0.2, 0) is 9.59 Å². The monoisotopic (exact) mass is 444 g/mol. The van der Waals surface area contributed by atoms with E-state index in [1.54, 1.807) is 4.90 Å². The van der Waals surface area contributed by atoms with Gasteiger partial charge in [-0.3, -0.25) is 14.4 Å². The molecule has 4 atom stereocenters. The van der Waals surface area contributed by atoms with Crippen LogP contribution in [0.25, 0.3) is 0 Å². The zero-order valence-electron chi connectivity index (χ0n) is 18.4. The van der Waals surface area contributed by atoms with Gasteiger partial charge in [-0.2, -0.15) is 5.26 Å². The summed E-state index contributed by atoms with van der Waals surface area (Å²) in [5, 5.41) is 15.8. The summed E-state index contributed by atoms with van der Waals surface area (Å²) in [6, 6.07) is 6.16. The van der Waals surface area contributed by atoms with Gasteiger partial charge in [0.15, 0.2) is 0 Å². The van der Waals surface area contributed by atoms with Gasteiger partial charge in [0.1, 0.15) is 5.82 Å². The SMILES string of the molecule is CN(C)C[C@H]1[C@H]2C[C@H](CN(C(=O)c3ccc(C#N)cc3F)C2)[C@@H]2CCCC(=O)N21.O=CO. The van der Waals surface area contributed by atoms with Crippen LogP contribution in [0, 0.1) is 29.0 Å². The number of carbonyl (C=O) groups excluding carboxylic acids is 2. The summed E-state index contributed by atoms with van der Waals surface area (Å²) in [4.78, 5) is 40.2. The number of benzene rings is 1. The van der Waals surface area contributed by atoms with E-state index in [0.717, 1.165) is 31.9 Å². The maximum absolute atomic E-state index is 14.4. The van der Waals surface area contributed by atoms with Gasteiger partial charge in [0.05, 0.1) is 17.2 Å². The van der Waals surface area contributed by atoms with Crippen LogP contribution in [0.3, 0.4) is 0 Å². The zero-order chi connectivity index (χ0) is 23.4. The van der Waals surface area contributed by atoms with Crippen LogP contribution in [0.2, 0.25) is 0 Å². The Morgan fingerprint density at radius 1 is 1.34 bits per heavy atom. The Balaban J connectivity index is 0.000000913. The summed E-state index contributed by atoms with van der Waals surface area (Å²) in [6.45, 7) is 1.61. The van der Waals surface area contributed by atoms with Crippen molar-refractivity contribution in [3.05, 3.63) is 35.1 Å². The maximum Gasteiger partial charge on any atom is 0.290 e. The molecule has 4 rings (SSSR count). The highest BCUT2D eigenvalue weighted by atomic mass is 19.1. The molecule has 9 heteroatoms. The number of nitrogens with zero attached hydrogens (tertiary/aromatic N) is 4. The number of hydrogen-bond donors (Lipinski definition) is 1. The average molecular weight is 445 g/mol. The number of nitriles is 1. The topological polar surface area (TPSA) is 105 Å². The first-order valence-corrected chi connectivity index (χ1v) is 10.8. The summed E-state index contributed by atoms with van der Waals surface area (Å²) in [5.74, 6) is -0.299. The van der Waals surface area contributed by atoms with Gasteiger partial charge in [0, 0.05) is 38.1 Å². The largest absolute Gasteiger partial charge is 0.483 e. The molecule has 2 bridgehead atoms. The average Bonchev–Trinajstić information content (AvgIpc) is 2.76. The quantitative estimate of drug-likeness (QED) is 0.713. The van der Waals surface area contributed by atoms with Crippen LogP contribution >= 0.6 is 0 Å². The second-order valence-corrected chi connectivity index (χ2v) is 8.97. The van der Waals surface area contributed by atoms with Gasteiger partial charge < -0.3 is 19.8 Å². The number of halogens is 1. The third-order valence-electron chi connectivity index (χ3n) is 6.66. The van der Waals surface area contributed by atoms with Crippen molar-refractivity contribution in [2.75, 3.05) is 33.7 Å². The third kappa shape index (κ3) is 4.75. The number of likely N-dealkylation sites (tertiary alicyclic amines) is 1. The Bertz CT molecular complexity index is 916. The number of likely N-dealkylation sites (N-methyl/N-ethyl adjacent to an activating group) is 1. The standard InChI is InChI=1S/C22H27FN4O2.CH2O2/c1-25(2)13-20-16-9-15(19-4-3-5-21(28)27(19)20)11-26(12-16)22(29)17-7-6-14(10-24)8-18(17)23;2-1-3/h6-8,15-16,19-20H,3-5,9,11-13H2,1-2H3;1H,(H,2,3)/t15-,16+,19+,20+;/m1./s1. The van der Waals surface area contributed by atoms with Gasteiger partial charge in [-0.15, -0.1) is 0 Å². The first kappa shape index (κ1) is 23.7. The van der Waals surface area contributed by atoms with E-state index in [2.05, 4.69) is 9.80 Å². The number of hydrogen-bond acceptors (Lipinski definition) is 5. The Labute approximate surface area is 187 Å². The van der Waals surface area contributed by atoms with E-state index in [0.29, 0.717) is 19.5 Å². The molecule has 1 aromatic rings. The van der Waals surface area contributed by atoms with Crippen LogP contribution in [0.4, 0.5) is 4.39 Å². The molecule has 2 amide bonds. The second kappa shape index (κ2) is 10.1. The summed E-state index contributed by atoms with van der Waals surface area (Å²) >= 11 is 0. The summed E-state index contributed by atoms with van der Waals surface area (Å²) in [6.07, 6.45) is 3.49. The van der Waals surface area contributed by atoms with Crippen LogP contribution in [-0.4, -0.2) is 83.9 Å². The Kier molecular flexibility index (Phi) is 7.46. The molecule has 0 unspecified atom stereocenters. The fourth-order valence-electron chi connectivity index (χ4n) is 5.48. The number of carbonyl (C=O) groups is 3. The minimum absolute atomic E-state index is 0.0182. The Hall–Kier alpha value is -2.99. The summed E-state index contributed by atoms with van der Waals surface area (Å²) < 4.78 is 14.4. The lowest BCUT2D eigenvalue weighted by Crippen LogP contribution is -2.67. The molecule has 0 aliphatic carbocycles. The summed E-state index contributed by atoms with van der Waals surface area (Å²) in [5.41, 5.74) is 0.224. The molecule has 8 nitrogen and oxygen atoms in total. The van der Waals surface area contributed by atoms with E-state index in [1.165, 1.54) is 12.1 Å². The van der Waals surface area contributed by atoms with Crippen molar-refractivity contribution in [3.8, 4) is 6.07 Å². The number of carboxylic acid groups (broad SMARTS) is 1. The first-order valence-electron chi connectivity index (χ1n) is 10.8. The van der Waals surface area contributed by atoms with E-state index < -0.39 is 5.82 Å². The first-order chi connectivity index (χ1) is 15.3. The van der Waals surface area contributed by atoms with Gasteiger partial charge in [-0.05, 0) is 63.4 Å². The molecule has 0 saturated carbocycles. The zero-order valence-corrected chi connectivity index (χ0v) is 18.4. The lowest BCUT2D eigenvalue weighted by Gasteiger charge is -2.57. The Morgan fingerprint density at radius 3 is 2.66 bits per heavy atom. The van der Waals surface area contributed by atoms with Gasteiger partial charge in [0.25, 0.3) is 12.4 Å². The highest BCUT2D eigenvalue weighted by Gasteiger charge is 2.50. The third-order valence-corrected chi connectivity index (χ3v) is 6.66. The van der Waals surface area contributed by atoms with E-state index >= 15 is 0 Å². The number of rotatable bonds is 3. The van der Waals surface area contributed by atoms with E-state index in [4.69, 9.17) is 15.2 Å². The molecule has 3 heterocycles. The predicted molar refractivity (Wildman–Crippen MR) is 114 cm³/mol. The highest BCUT2D eigenvalue weighted by Crippen LogP contribution is 2.42. The number of piperidine rings is 3. The van der Waals surface area contributed by atoms with Crippen molar-refractivity contribution in [1.82, 2.24) is 14.7 Å². The molecule has 1 aromatic carbocycles. The van der Waals surface area contributed by atoms with Crippen LogP contribution in [0.1, 0.15) is 41.6 Å². The Morgan fingerprint density at radius 2 is 2.03 bits per heavy atom. The van der Waals surface area contributed by atoms with Gasteiger partial charge in [-0.25, -0.2) is 4.39 Å². The lowest BCUT2D eigenvalue weighted by atomic mass is 9.72. The van der Waals surface area contributed by atoms with Gasteiger partial charge in [0.2, 0.25) is 5.91 Å². The van der Waals surface area contributed by atoms with Crippen LogP contribution in [0.5, 0.6) is 0 Å². The number of amides is 2. The van der Waals surface area contributed by atoms with Crippen molar-refractivity contribution in [3.63, 3.8) is 0 Å². The molecular weight excluding hydrogens is 415 g/mol. The smallest absolute Gasteiger partial charge is 0.290 e. The van der Waals surface area contributed by atoms with E-state index in [-0.39, 0.29) is 53.3 Å². The van der Waals surface area contributed by atoms with Gasteiger partial charge in [-0.1, -0.05) is 0 Å². The molecule has 1 N–H and O–H groups in total. The minimum Gasteiger partial charge on any atom is -0.483 e. The molecule has 32 heavy (non-hydrogen) atoms. The highest BCUT2D eigenvalue weighted by molar-refractivity contribution is 5.94. The molecule has 0 radical (unpaired) electrons. The van der Waals surface area contributed by atoms with E-state index in [9.17, 15) is 14.0 Å². The van der Waals surface area contributed by atoms with Crippen LogP contribution < -0.4 is 0 Å². The lowest BCUT2D eigenvalue weighted by molar-refractivity contribution is -0.152.